The van der Waals surface area contributed by atoms with Crippen molar-refractivity contribution in [3.8, 4) is 22.8 Å². The zero-order valence-corrected chi connectivity index (χ0v) is 12.0. The lowest BCUT2D eigenvalue weighted by molar-refractivity contribution is 0.458. The topological polar surface area (TPSA) is 35.0 Å². The van der Waals surface area contributed by atoms with Gasteiger partial charge in [-0.2, -0.15) is 0 Å². The Hall–Kier alpha value is -2.39. The van der Waals surface area contributed by atoms with Gasteiger partial charge in [-0.1, -0.05) is 42.5 Å². The van der Waals surface area contributed by atoms with Crippen LogP contribution in [0.2, 0.25) is 0 Å². The number of ether oxygens (including phenoxy) is 1. The Morgan fingerprint density at radius 3 is 2.29 bits per heavy atom. The van der Waals surface area contributed by atoms with Crippen molar-refractivity contribution >= 4 is 11.6 Å². The van der Waals surface area contributed by atoms with Gasteiger partial charge in [0.25, 0.3) is 0 Å². The van der Waals surface area contributed by atoms with E-state index in [4.69, 9.17) is 16.3 Å². The first-order chi connectivity index (χ1) is 10.3. The number of aromatic nitrogens is 2. The predicted octanol–water partition coefficient (Wildman–Crippen LogP) is 4.67. The largest absolute Gasteiger partial charge is 0.437 e. The van der Waals surface area contributed by atoms with Crippen LogP contribution in [-0.4, -0.2) is 9.97 Å². The zero-order valence-electron chi connectivity index (χ0n) is 11.2. The predicted molar refractivity (Wildman–Crippen MR) is 83.5 cm³/mol. The van der Waals surface area contributed by atoms with Crippen LogP contribution in [0.25, 0.3) is 11.1 Å². The summed E-state index contributed by atoms with van der Waals surface area (Å²) in [6, 6.07) is 18.1. The van der Waals surface area contributed by atoms with Crippen molar-refractivity contribution in [2.75, 3.05) is 0 Å². The van der Waals surface area contributed by atoms with Gasteiger partial charge in [0.2, 0.25) is 5.88 Å². The van der Waals surface area contributed by atoms with Crippen LogP contribution in [0.15, 0.2) is 67.0 Å². The number of rotatable bonds is 4. The zero-order chi connectivity index (χ0) is 14.5. The van der Waals surface area contributed by atoms with E-state index in [2.05, 4.69) is 22.1 Å². The van der Waals surface area contributed by atoms with Crippen LogP contribution >= 0.6 is 11.6 Å². The van der Waals surface area contributed by atoms with Crippen LogP contribution in [-0.2, 0) is 5.88 Å². The summed E-state index contributed by atoms with van der Waals surface area (Å²) in [5, 5.41) is 0. The van der Waals surface area contributed by atoms with Crippen molar-refractivity contribution in [1.82, 2.24) is 9.97 Å². The Kier molecular flexibility index (Phi) is 4.12. The summed E-state index contributed by atoms with van der Waals surface area (Å²) in [4.78, 5) is 8.30. The maximum atomic E-state index is 5.73. The first kappa shape index (κ1) is 13.6. The molecule has 0 saturated heterocycles. The van der Waals surface area contributed by atoms with Gasteiger partial charge in [-0.15, -0.1) is 11.6 Å². The molecule has 21 heavy (non-hydrogen) atoms. The van der Waals surface area contributed by atoms with E-state index in [0.29, 0.717) is 17.5 Å². The molecular weight excluding hydrogens is 284 g/mol. The minimum atomic E-state index is 0.317. The SMILES string of the molecule is ClCc1cncc(Oc2ccc(-c3ccccc3)cc2)n1. The molecule has 0 aliphatic carbocycles. The first-order valence-corrected chi connectivity index (χ1v) is 7.09. The Labute approximate surface area is 128 Å². The monoisotopic (exact) mass is 296 g/mol. The highest BCUT2D eigenvalue weighted by molar-refractivity contribution is 6.16. The second-order valence-corrected chi connectivity index (χ2v) is 4.74. The molecule has 2 aromatic carbocycles. The molecule has 0 fully saturated rings. The molecule has 3 nitrogen and oxygen atoms in total. The Morgan fingerprint density at radius 2 is 1.57 bits per heavy atom. The van der Waals surface area contributed by atoms with Crippen LogP contribution in [0.4, 0.5) is 0 Å². The third-order valence-corrected chi connectivity index (χ3v) is 3.26. The van der Waals surface area contributed by atoms with Crippen molar-refractivity contribution in [1.29, 1.82) is 0 Å². The van der Waals surface area contributed by atoms with Crippen molar-refractivity contribution in [3.63, 3.8) is 0 Å². The van der Waals surface area contributed by atoms with E-state index in [0.717, 1.165) is 11.3 Å². The third kappa shape index (κ3) is 3.38. The molecular formula is C17H13ClN2O. The molecule has 4 heteroatoms. The number of alkyl halides is 1. The van der Waals surface area contributed by atoms with E-state index in [1.165, 1.54) is 5.56 Å². The second kappa shape index (κ2) is 6.37. The molecule has 3 rings (SSSR count). The maximum Gasteiger partial charge on any atom is 0.238 e. The Morgan fingerprint density at radius 1 is 0.857 bits per heavy atom. The summed E-state index contributed by atoms with van der Waals surface area (Å²) in [5.74, 6) is 1.48. The standard InChI is InChI=1S/C17H13ClN2O/c18-10-15-11-19-12-17(20-15)21-16-8-6-14(7-9-16)13-4-2-1-3-5-13/h1-9,11-12H,10H2. The molecule has 1 heterocycles. The van der Waals surface area contributed by atoms with Gasteiger partial charge >= 0.3 is 0 Å². The Balaban J connectivity index is 1.78. The van der Waals surface area contributed by atoms with Crippen molar-refractivity contribution < 1.29 is 4.74 Å². The van der Waals surface area contributed by atoms with Crippen molar-refractivity contribution in [2.45, 2.75) is 5.88 Å². The minimum absolute atomic E-state index is 0.317. The number of hydrogen-bond acceptors (Lipinski definition) is 3. The fourth-order valence-corrected chi connectivity index (χ4v) is 2.10. The third-order valence-electron chi connectivity index (χ3n) is 2.98. The maximum absolute atomic E-state index is 5.73. The fraction of sp³-hybridized carbons (Fsp3) is 0.0588. The quantitative estimate of drug-likeness (QED) is 0.656. The van der Waals surface area contributed by atoms with Gasteiger partial charge in [-0.3, -0.25) is 4.98 Å². The summed E-state index contributed by atoms with van der Waals surface area (Å²) in [7, 11) is 0. The van der Waals surface area contributed by atoms with Crippen LogP contribution in [0.3, 0.4) is 0 Å². The van der Waals surface area contributed by atoms with Crippen LogP contribution in [0.1, 0.15) is 5.69 Å². The molecule has 104 valence electrons. The van der Waals surface area contributed by atoms with Crippen molar-refractivity contribution in [2.24, 2.45) is 0 Å². The van der Waals surface area contributed by atoms with E-state index in [-0.39, 0.29) is 0 Å². The van der Waals surface area contributed by atoms with Gasteiger partial charge < -0.3 is 4.74 Å². The molecule has 0 aliphatic heterocycles. The molecule has 3 aromatic rings. The highest BCUT2D eigenvalue weighted by atomic mass is 35.5. The Bertz CT molecular complexity index is 714. The van der Waals surface area contributed by atoms with Crippen molar-refractivity contribution in [3.05, 3.63) is 72.7 Å². The lowest BCUT2D eigenvalue weighted by Gasteiger charge is -2.06. The first-order valence-electron chi connectivity index (χ1n) is 6.55. The number of hydrogen-bond donors (Lipinski definition) is 0. The summed E-state index contributed by atoms with van der Waals surface area (Å²) >= 11 is 5.73. The smallest absolute Gasteiger partial charge is 0.238 e. The summed E-state index contributed by atoms with van der Waals surface area (Å²) < 4.78 is 5.68. The normalized spacial score (nSPS) is 10.3. The highest BCUT2D eigenvalue weighted by Gasteiger charge is 2.02. The fourth-order valence-electron chi connectivity index (χ4n) is 1.97. The lowest BCUT2D eigenvalue weighted by Crippen LogP contribution is -1.93. The van der Waals surface area contributed by atoms with Crippen LogP contribution in [0.5, 0.6) is 11.6 Å². The van der Waals surface area contributed by atoms with Gasteiger partial charge in [0.1, 0.15) is 5.75 Å². The number of halogens is 1. The molecule has 0 radical (unpaired) electrons. The summed E-state index contributed by atoms with van der Waals surface area (Å²) in [6.07, 6.45) is 3.19. The van der Waals surface area contributed by atoms with Gasteiger partial charge in [-0.05, 0) is 23.3 Å². The summed E-state index contributed by atoms with van der Waals surface area (Å²) in [6.45, 7) is 0. The second-order valence-electron chi connectivity index (χ2n) is 4.47. The minimum Gasteiger partial charge on any atom is -0.437 e. The average molecular weight is 297 g/mol. The van der Waals surface area contributed by atoms with E-state index in [9.17, 15) is 0 Å². The molecule has 0 spiro atoms. The molecule has 1 aromatic heterocycles. The number of benzene rings is 2. The molecule has 0 atom stereocenters. The molecule has 0 N–H and O–H groups in total. The highest BCUT2D eigenvalue weighted by Crippen LogP contribution is 2.24. The molecule has 0 unspecified atom stereocenters. The van der Waals surface area contributed by atoms with E-state index in [1.54, 1.807) is 12.4 Å². The lowest BCUT2D eigenvalue weighted by atomic mass is 10.1. The van der Waals surface area contributed by atoms with Gasteiger partial charge in [0.05, 0.1) is 17.8 Å². The van der Waals surface area contributed by atoms with Gasteiger partial charge in [-0.25, -0.2) is 4.98 Å². The van der Waals surface area contributed by atoms with E-state index >= 15 is 0 Å². The van der Waals surface area contributed by atoms with E-state index in [1.807, 2.05) is 42.5 Å². The van der Waals surface area contributed by atoms with Gasteiger partial charge in [0.15, 0.2) is 0 Å². The molecule has 0 aliphatic rings. The average Bonchev–Trinajstić information content (AvgIpc) is 2.56. The number of nitrogens with zero attached hydrogens (tertiary/aromatic N) is 2. The summed E-state index contributed by atoms with van der Waals surface area (Å²) in [5.41, 5.74) is 3.01. The van der Waals surface area contributed by atoms with Gasteiger partial charge in [0, 0.05) is 6.20 Å². The molecule has 0 saturated carbocycles. The molecule has 0 amide bonds. The molecule has 0 bridgehead atoms. The van der Waals surface area contributed by atoms with Crippen LogP contribution in [0, 0.1) is 0 Å². The van der Waals surface area contributed by atoms with Crippen LogP contribution < -0.4 is 4.74 Å². The van der Waals surface area contributed by atoms with E-state index < -0.39 is 0 Å².